The van der Waals surface area contributed by atoms with Crippen LogP contribution in [-0.2, 0) is 4.79 Å². The Balaban J connectivity index is 2.12. The van der Waals surface area contributed by atoms with Crippen LogP contribution in [0.5, 0.6) is 0 Å². The van der Waals surface area contributed by atoms with E-state index in [1.54, 1.807) is 25.2 Å². The van der Waals surface area contributed by atoms with Crippen molar-refractivity contribution in [1.82, 2.24) is 0 Å². The van der Waals surface area contributed by atoms with Crippen LogP contribution < -0.4 is 4.90 Å². The summed E-state index contributed by atoms with van der Waals surface area (Å²) < 4.78 is 0. The van der Waals surface area contributed by atoms with Crippen molar-refractivity contribution in [3.63, 3.8) is 0 Å². The van der Waals surface area contributed by atoms with Crippen LogP contribution in [0, 0.1) is 5.92 Å². The van der Waals surface area contributed by atoms with E-state index in [1.807, 2.05) is 0 Å². The molecule has 0 radical (unpaired) electrons. The van der Waals surface area contributed by atoms with E-state index in [0.717, 1.165) is 12.8 Å². The number of carbonyl (C=O) groups excluding carboxylic acids is 1. The molecule has 4 nitrogen and oxygen atoms in total. The number of carbonyl (C=O) groups is 2. The lowest BCUT2D eigenvalue weighted by atomic mass is 10.0. The van der Waals surface area contributed by atoms with E-state index in [2.05, 4.69) is 0 Å². The van der Waals surface area contributed by atoms with Crippen LogP contribution in [-0.4, -0.2) is 24.0 Å². The first kappa shape index (κ1) is 13.6. The molecule has 4 heteroatoms. The van der Waals surface area contributed by atoms with E-state index in [4.69, 9.17) is 5.11 Å². The molecule has 1 fully saturated rings. The Hall–Kier alpha value is -1.84. The molecule has 2 rings (SSSR count). The average Bonchev–Trinajstić information content (AvgIpc) is 2.90. The lowest BCUT2D eigenvalue weighted by molar-refractivity contribution is -0.119. The van der Waals surface area contributed by atoms with Gasteiger partial charge in [-0.25, -0.2) is 4.79 Å². The summed E-state index contributed by atoms with van der Waals surface area (Å²) in [5, 5.41) is 9.14. The summed E-state index contributed by atoms with van der Waals surface area (Å²) in [5.74, 6) is -0.538. The van der Waals surface area contributed by atoms with Crippen molar-refractivity contribution in [2.24, 2.45) is 5.92 Å². The lowest BCUT2D eigenvalue weighted by Crippen LogP contribution is -2.29. The molecule has 1 saturated carbocycles. The number of carboxylic acid groups (broad SMARTS) is 1. The third-order valence-corrected chi connectivity index (χ3v) is 3.81. The minimum Gasteiger partial charge on any atom is -0.478 e. The normalized spacial score (nSPS) is 15.4. The van der Waals surface area contributed by atoms with E-state index in [9.17, 15) is 9.59 Å². The van der Waals surface area contributed by atoms with Gasteiger partial charge in [-0.15, -0.1) is 0 Å². The Kier molecular flexibility index (Phi) is 4.20. The number of benzene rings is 1. The van der Waals surface area contributed by atoms with Crippen molar-refractivity contribution >= 4 is 17.6 Å². The molecular formula is C15H19NO3. The average molecular weight is 261 g/mol. The Morgan fingerprint density at radius 3 is 2.53 bits per heavy atom. The molecule has 0 unspecified atom stereocenters. The number of amides is 1. The molecule has 0 spiro atoms. The molecule has 0 saturated heterocycles. The SMILES string of the molecule is CN(C(=O)CC1CCCC1)c1ccccc1C(=O)O. The zero-order valence-corrected chi connectivity index (χ0v) is 11.1. The van der Waals surface area contributed by atoms with Crippen LogP contribution in [0.1, 0.15) is 42.5 Å². The summed E-state index contributed by atoms with van der Waals surface area (Å²) in [5.41, 5.74) is 0.641. The molecule has 1 aromatic carbocycles. The van der Waals surface area contributed by atoms with E-state index in [1.165, 1.54) is 23.8 Å². The van der Waals surface area contributed by atoms with Crippen molar-refractivity contribution in [3.8, 4) is 0 Å². The molecule has 1 aliphatic carbocycles. The number of hydrogen-bond donors (Lipinski definition) is 1. The largest absolute Gasteiger partial charge is 0.478 e. The second-order valence-electron chi connectivity index (χ2n) is 5.13. The minimum absolute atomic E-state index is 0.000556. The van der Waals surface area contributed by atoms with Gasteiger partial charge in [0.2, 0.25) is 5.91 Å². The number of aromatic carboxylic acids is 1. The summed E-state index contributed by atoms with van der Waals surface area (Å²) in [6.07, 6.45) is 5.14. The van der Waals surface area contributed by atoms with Gasteiger partial charge in [0.25, 0.3) is 0 Å². The highest BCUT2D eigenvalue weighted by atomic mass is 16.4. The zero-order chi connectivity index (χ0) is 13.8. The third kappa shape index (κ3) is 3.13. The van der Waals surface area contributed by atoms with Crippen molar-refractivity contribution in [3.05, 3.63) is 29.8 Å². The van der Waals surface area contributed by atoms with Gasteiger partial charge in [0, 0.05) is 13.5 Å². The topological polar surface area (TPSA) is 57.6 Å². The molecule has 1 aliphatic rings. The molecule has 0 aromatic heterocycles. The number of anilines is 1. The van der Waals surface area contributed by atoms with Crippen LogP contribution in [0.2, 0.25) is 0 Å². The van der Waals surface area contributed by atoms with Crippen LogP contribution in [0.25, 0.3) is 0 Å². The van der Waals surface area contributed by atoms with E-state index >= 15 is 0 Å². The van der Waals surface area contributed by atoms with Crippen molar-refractivity contribution < 1.29 is 14.7 Å². The second-order valence-corrected chi connectivity index (χ2v) is 5.13. The van der Waals surface area contributed by atoms with Gasteiger partial charge in [0.1, 0.15) is 0 Å². The van der Waals surface area contributed by atoms with Gasteiger partial charge >= 0.3 is 5.97 Å². The third-order valence-electron chi connectivity index (χ3n) is 3.81. The quantitative estimate of drug-likeness (QED) is 0.906. The van der Waals surface area contributed by atoms with Crippen molar-refractivity contribution in [2.75, 3.05) is 11.9 Å². The molecule has 1 aromatic rings. The predicted octanol–water partition coefficient (Wildman–Crippen LogP) is 2.93. The molecule has 0 aliphatic heterocycles. The number of para-hydroxylation sites is 1. The molecule has 0 bridgehead atoms. The molecule has 1 amide bonds. The maximum absolute atomic E-state index is 12.2. The molecule has 0 atom stereocenters. The van der Waals surface area contributed by atoms with Crippen LogP contribution in [0.15, 0.2) is 24.3 Å². The summed E-state index contributed by atoms with van der Waals surface area (Å²) in [4.78, 5) is 24.8. The zero-order valence-electron chi connectivity index (χ0n) is 11.1. The highest BCUT2D eigenvalue weighted by Gasteiger charge is 2.23. The fourth-order valence-corrected chi connectivity index (χ4v) is 2.68. The van der Waals surface area contributed by atoms with Gasteiger partial charge in [-0.1, -0.05) is 25.0 Å². The fourth-order valence-electron chi connectivity index (χ4n) is 2.68. The Morgan fingerprint density at radius 1 is 1.26 bits per heavy atom. The summed E-state index contributed by atoms with van der Waals surface area (Å²) >= 11 is 0. The first-order valence-corrected chi connectivity index (χ1v) is 6.68. The monoisotopic (exact) mass is 261 g/mol. The Bertz CT molecular complexity index is 478. The highest BCUT2D eigenvalue weighted by Crippen LogP contribution is 2.29. The van der Waals surface area contributed by atoms with Gasteiger partial charge in [0.15, 0.2) is 0 Å². The second kappa shape index (κ2) is 5.87. The van der Waals surface area contributed by atoms with E-state index in [0.29, 0.717) is 18.0 Å². The van der Waals surface area contributed by atoms with Gasteiger partial charge in [-0.05, 0) is 30.9 Å². The lowest BCUT2D eigenvalue weighted by Gasteiger charge is -2.21. The molecule has 0 heterocycles. The van der Waals surface area contributed by atoms with Crippen LogP contribution in [0.4, 0.5) is 5.69 Å². The standard InChI is InChI=1S/C15H19NO3/c1-16(14(17)10-11-6-2-3-7-11)13-9-5-4-8-12(13)15(18)19/h4-5,8-9,11H,2-3,6-7,10H2,1H3,(H,18,19). The molecule has 1 N–H and O–H groups in total. The first-order valence-electron chi connectivity index (χ1n) is 6.68. The highest BCUT2D eigenvalue weighted by molar-refractivity contribution is 6.01. The van der Waals surface area contributed by atoms with Gasteiger partial charge in [-0.2, -0.15) is 0 Å². The van der Waals surface area contributed by atoms with Gasteiger partial charge in [0.05, 0.1) is 11.3 Å². The summed E-state index contributed by atoms with van der Waals surface area (Å²) in [6.45, 7) is 0. The van der Waals surface area contributed by atoms with Crippen LogP contribution in [0.3, 0.4) is 0 Å². The van der Waals surface area contributed by atoms with E-state index in [-0.39, 0.29) is 11.5 Å². The molecular weight excluding hydrogens is 242 g/mol. The maximum Gasteiger partial charge on any atom is 0.337 e. The number of rotatable bonds is 4. The number of carboxylic acids is 1. The summed E-state index contributed by atoms with van der Waals surface area (Å²) in [6, 6.07) is 6.62. The van der Waals surface area contributed by atoms with Gasteiger partial charge in [-0.3, -0.25) is 4.79 Å². The molecule has 102 valence electrons. The first-order chi connectivity index (χ1) is 9.09. The molecule has 19 heavy (non-hydrogen) atoms. The Morgan fingerprint density at radius 2 is 1.89 bits per heavy atom. The van der Waals surface area contributed by atoms with Crippen molar-refractivity contribution in [2.45, 2.75) is 32.1 Å². The fraction of sp³-hybridized carbons (Fsp3) is 0.467. The predicted molar refractivity (Wildman–Crippen MR) is 73.4 cm³/mol. The number of hydrogen-bond acceptors (Lipinski definition) is 2. The summed E-state index contributed by atoms with van der Waals surface area (Å²) in [7, 11) is 1.65. The van der Waals surface area contributed by atoms with Gasteiger partial charge < -0.3 is 10.0 Å². The minimum atomic E-state index is -1.00. The van der Waals surface area contributed by atoms with Crippen LogP contribution >= 0.6 is 0 Å². The van der Waals surface area contributed by atoms with E-state index < -0.39 is 5.97 Å². The smallest absolute Gasteiger partial charge is 0.337 e. The number of nitrogens with zero attached hydrogens (tertiary/aromatic N) is 1. The Labute approximate surface area is 113 Å². The maximum atomic E-state index is 12.2. The van der Waals surface area contributed by atoms with Crippen molar-refractivity contribution in [1.29, 1.82) is 0 Å².